The van der Waals surface area contributed by atoms with Crippen LogP contribution in [0.5, 0.6) is 0 Å². The molecule has 14 nitrogen and oxygen atoms in total. The summed E-state index contributed by atoms with van der Waals surface area (Å²) in [4.78, 5) is 57.8. The number of carbonyl (C=O) groups excluding carboxylic acids is 3. The number of aliphatic hydroxyl groups is 1. The monoisotopic (exact) mass is 616 g/mol. The van der Waals surface area contributed by atoms with E-state index in [1.165, 1.54) is 30.3 Å². The first-order chi connectivity index (χ1) is 20.4. The minimum atomic E-state index is -5.36. The van der Waals surface area contributed by atoms with E-state index in [9.17, 15) is 33.8 Å². The predicted molar refractivity (Wildman–Crippen MR) is 149 cm³/mol. The average molecular weight is 617 g/mol. The van der Waals surface area contributed by atoms with Gasteiger partial charge in [-0.3, -0.25) is 9.32 Å². The Morgan fingerprint density at radius 1 is 0.791 bits per heavy atom. The van der Waals surface area contributed by atoms with E-state index in [0.717, 1.165) is 0 Å². The van der Waals surface area contributed by atoms with Crippen molar-refractivity contribution >= 4 is 37.1 Å². The van der Waals surface area contributed by atoms with Gasteiger partial charge in [0.05, 0.1) is 17.5 Å². The van der Waals surface area contributed by atoms with E-state index in [2.05, 4.69) is 0 Å². The Bertz CT molecular complexity index is 1500. The van der Waals surface area contributed by atoms with Crippen LogP contribution in [0, 0.1) is 0 Å². The molecule has 5 atom stereocenters. The molecule has 7 N–H and O–H groups in total. The number of nitrogens with two attached hydrogens (primary N) is 2. The summed E-state index contributed by atoms with van der Waals surface area (Å²) < 4.78 is 38.5. The zero-order valence-corrected chi connectivity index (χ0v) is 23.3. The quantitative estimate of drug-likeness (QED) is 0.0943. The van der Waals surface area contributed by atoms with Crippen molar-refractivity contribution in [3.63, 3.8) is 0 Å². The number of rotatable bonds is 10. The van der Waals surface area contributed by atoms with E-state index >= 15 is 0 Å². The van der Waals surface area contributed by atoms with Crippen molar-refractivity contribution in [2.24, 2.45) is 0 Å². The van der Waals surface area contributed by atoms with Gasteiger partial charge in [-0.2, -0.15) is 0 Å². The fourth-order valence-corrected chi connectivity index (χ4v) is 4.82. The summed E-state index contributed by atoms with van der Waals surface area (Å²) in [6, 6.07) is 20.2. The van der Waals surface area contributed by atoms with Gasteiger partial charge < -0.3 is 45.3 Å². The fraction of sp³-hybridized carbons (Fsp3) is 0.250. The Morgan fingerprint density at radius 3 is 1.93 bits per heavy atom. The maximum absolute atomic E-state index is 13.0. The summed E-state index contributed by atoms with van der Waals surface area (Å²) >= 11 is 0. The van der Waals surface area contributed by atoms with Crippen LogP contribution in [0.15, 0.2) is 78.9 Å². The van der Waals surface area contributed by atoms with Crippen LogP contribution in [-0.2, 0) is 39.3 Å². The number of carbonyl (C=O) groups is 3. The Kier molecular flexibility index (Phi) is 10.1. The molecule has 0 spiro atoms. The standard InChI is InChI=1S/C28H29N2O12P/c29-19-12-6-4-10-17(19)26(33)38-15-21-23(32)24(42-43(35,36)37)25(40-22(31)14-16-8-2-1-3-9-16)28(39-21)41-27(34)18-11-5-7-13-20(18)30/h1-13,21,23-25,28,32H,14-15,29-30H2,(H2,35,36,37)/t21-,23-,24+,25-,28+/m1/s1. The molecule has 1 saturated heterocycles. The third kappa shape index (κ3) is 8.38. The molecule has 15 heteroatoms. The molecule has 1 fully saturated rings. The van der Waals surface area contributed by atoms with E-state index in [0.29, 0.717) is 5.56 Å². The molecule has 1 heterocycles. The smallest absolute Gasteiger partial charge is 0.459 e. The summed E-state index contributed by atoms with van der Waals surface area (Å²) in [5.41, 5.74) is 12.3. The molecule has 3 aromatic rings. The van der Waals surface area contributed by atoms with Crippen molar-refractivity contribution in [2.75, 3.05) is 18.1 Å². The van der Waals surface area contributed by atoms with Crippen molar-refractivity contribution in [1.29, 1.82) is 0 Å². The van der Waals surface area contributed by atoms with Crippen LogP contribution in [0.4, 0.5) is 11.4 Å². The number of hydrogen-bond donors (Lipinski definition) is 5. The number of esters is 3. The van der Waals surface area contributed by atoms with Gasteiger partial charge in [-0.15, -0.1) is 0 Å². The number of phosphoric ester groups is 1. The number of phosphoric acid groups is 1. The molecule has 0 aromatic heterocycles. The normalized spacial score (nSPS) is 21.9. The third-order valence-corrected chi connectivity index (χ3v) is 6.82. The molecule has 0 bridgehead atoms. The van der Waals surface area contributed by atoms with E-state index < -0.39 is 63.0 Å². The highest BCUT2D eigenvalue weighted by Crippen LogP contribution is 2.42. The summed E-state index contributed by atoms with van der Waals surface area (Å²) in [5, 5.41) is 11.1. The number of aliphatic hydroxyl groups excluding tert-OH is 1. The Labute approximate surface area is 245 Å². The highest BCUT2D eigenvalue weighted by molar-refractivity contribution is 7.46. The number of benzene rings is 3. The summed E-state index contributed by atoms with van der Waals surface area (Å²) in [7, 11) is -5.36. The van der Waals surface area contributed by atoms with Crippen molar-refractivity contribution in [3.8, 4) is 0 Å². The van der Waals surface area contributed by atoms with E-state index in [4.69, 9.17) is 34.9 Å². The van der Waals surface area contributed by atoms with Crippen LogP contribution >= 0.6 is 7.82 Å². The van der Waals surface area contributed by atoms with Crippen LogP contribution in [-0.4, -0.2) is 70.1 Å². The number of hydrogen-bond acceptors (Lipinski definition) is 12. The lowest BCUT2D eigenvalue weighted by Crippen LogP contribution is -2.61. The highest BCUT2D eigenvalue weighted by atomic mass is 31.2. The molecule has 0 aliphatic carbocycles. The molecule has 0 saturated carbocycles. The molecule has 0 radical (unpaired) electrons. The highest BCUT2D eigenvalue weighted by Gasteiger charge is 2.52. The van der Waals surface area contributed by atoms with E-state index in [1.54, 1.807) is 48.5 Å². The Hall–Kier alpha value is -4.30. The summed E-state index contributed by atoms with van der Waals surface area (Å²) in [6.45, 7) is -0.707. The molecular weight excluding hydrogens is 587 g/mol. The summed E-state index contributed by atoms with van der Waals surface area (Å²) in [5.74, 6) is -2.87. The lowest BCUT2D eigenvalue weighted by Gasteiger charge is -2.42. The van der Waals surface area contributed by atoms with Gasteiger partial charge in [0.2, 0.25) is 6.29 Å². The maximum Gasteiger partial charge on any atom is 0.470 e. The molecule has 0 amide bonds. The van der Waals surface area contributed by atoms with Gasteiger partial charge in [-0.25, -0.2) is 14.2 Å². The van der Waals surface area contributed by atoms with Gasteiger partial charge in [0.1, 0.15) is 24.9 Å². The van der Waals surface area contributed by atoms with Crippen molar-refractivity contribution < 1.29 is 57.3 Å². The van der Waals surface area contributed by atoms with Gasteiger partial charge in [0, 0.05) is 11.4 Å². The molecule has 1 aliphatic heterocycles. The zero-order valence-electron chi connectivity index (χ0n) is 22.4. The van der Waals surface area contributed by atoms with Crippen molar-refractivity contribution in [1.82, 2.24) is 0 Å². The number of ether oxygens (including phenoxy) is 4. The Morgan fingerprint density at radius 2 is 1.35 bits per heavy atom. The van der Waals surface area contributed by atoms with Gasteiger partial charge >= 0.3 is 25.7 Å². The first-order valence-corrected chi connectivity index (χ1v) is 14.3. The zero-order chi connectivity index (χ0) is 31.1. The topological polar surface area (TPSA) is 227 Å². The second-order valence-electron chi connectivity index (χ2n) is 9.39. The molecule has 43 heavy (non-hydrogen) atoms. The van der Waals surface area contributed by atoms with Gasteiger partial charge in [0.25, 0.3) is 0 Å². The molecular formula is C28H29N2O12P. The van der Waals surface area contributed by atoms with Gasteiger partial charge in [-0.05, 0) is 29.8 Å². The number of anilines is 2. The first kappa shape index (κ1) is 31.6. The van der Waals surface area contributed by atoms with Crippen LogP contribution in [0.1, 0.15) is 26.3 Å². The van der Waals surface area contributed by atoms with Gasteiger partial charge in [0.15, 0.2) is 6.10 Å². The minimum absolute atomic E-state index is 0.00562. The SMILES string of the molecule is Nc1ccccc1C(=O)OC[C@H]1O[C@@H](OC(=O)c2ccccc2N)[C@H](OC(=O)Cc2ccccc2)[C@@H](OP(=O)(O)O)[C@@H]1O. The molecule has 1 aliphatic rings. The fourth-order valence-electron chi connectivity index (χ4n) is 4.25. The average Bonchev–Trinajstić information content (AvgIpc) is 2.95. The lowest BCUT2D eigenvalue weighted by atomic mass is 9.98. The van der Waals surface area contributed by atoms with Crippen LogP contribution in [0.25, 0.3) is 0 Å². The van der Waals surface area contributed by atoms with Gasteiger partial charge in [-0.1, -0.05) is 54.6 Å². The largest absolute Gasteiger partial charge is 0.470 e. The number of nitrogen functional groups attached to an aromatic ring is 2. The maximum atomic E-state index is 13.0. The summed E-state index contributed by atoms with van der Waals surface area (Å²) in [6.07, 6.45) is -9.63. The Balaban J connectivity index is 1.62. The minimum Gasteiger partial charge on any atom is -0.459 e. The first-order valence-electron chi connectivity index (χ1n) is 12.8. The van der Waals surface area contributed by atoms with Crippen LogP contribution in [0.2, 0.25) is 0 Å². The van der Waals surface area contributed by atoms with Crippen LogP contribution in [0.3, 0.4) is 0 Å². The van der Waals surface area contributed by atoms with E-state index in [1.807, 2.05) is 0 Å². The van der Waals surface area contributed by atoms with Crippen molar-refractivity contribution in [2.45, 2.75) is 37.1 Å². The number of para-hydroxylation sites is 2. The molecule has 0 unspecified atom stereocenters. The lowest BCUT2D eigenvalue weighted by molar-refractivity contribution is -0.286. The van der Waals surface area contributed by atoms with E-state index in [-0.39, 0.29) is 28.9 Å². The third-order valence-electron chi connectivity index (χ3n) is 6.30. The van der Waals surface area contributed by atoms with Crippen LogP contribution < -0.4 is 11.5 Å². The molecule has 4 rings (SSSR count). The predicted octanol–water partition coefficient (Wildman–Crippen LogP) is 1.58. The second-order valence-corrected chi connectivity index (χ2v) is 10.6. The van der Waals surface area contributed by atoms with Crippen molar-refractivity contribution in [3.05, 3.63) is 95.6 Å². The second kappa shape index (κ2) is 13.8. The molecule has 3 aromatic carbocycles. The molecule has 228 valence electrons.